The van der Waals surface area contributed by atoms with E-state index >= 15 is 0 Å². The molecule has 4 nitrogen and oxygen atoms in total. The summed E-state index contributed by atoms with van der Waals surface area (Å²) in [4.78, 5) is 23.9. The predicted octanol–water partition coefficient (Wildman–Crippen LogP) is 3.34. The average Bonchev–Trinajstić information content (AvgIpc) is 2.88. The summed E-state index contributed by atoms with van der Waals surface area (Å²) in [5, 5.41) is 7.55. The molecule has 22 heavy (non-hydrogen) atoms. The lowest BCUT2D eigenvalue weighted by Crippen LogP contribution is -2.20. The maximum absolute atomic E-state index is 11.8. The Hall–Kier alpha value is -2.40. The van der Waals surface area contributed by atoms with Crippen molar-refractivity contribution in [1.29, 1.82) is 0 Å². The van der Waals surface area contributed by atoms with Gasteiger partial charge in [0.25, 0.3) is 0 Å². The zero-order chi connectivity index (χ0) is 15.9. The Morgan fingerprint density at radius 3 is 2.77 bits per heavy atom. The van der Waals surface area contributed by atoms with E-state index < -0.39 is 0 Å². The van der Waals surface area contributed by atoms with Crippen LogP contribution in [-0.4, -0.2) is 11.8 Å². The normalized spacial score (nSPS) is 10.6. The Bertz CT molecular complexity index is 704. The van der Waals surface area contributed by atoms with Gasteiger partial charge in [0.1, 0.15) is 0 Å². The molecule has 114 valence electrons. The van der Waals surface area contributed by atoms with Gasteiger partial charge in [-0.1, -0.05) is 12.1 Å². The second-order valence-corrected chi connectivity index (χ2v) is 5.85. The first-order valence-electron chi connectivity index (χ1n) is 6.91. The van der Waals surface area contributed by atoms with Crippen LogP contribution >= 0.6 is 11.3 Å². The van der Waals surface area contributed by atoms with Crippen molar-refractivity contribution in [2.75, 3.05) is 5.32 Å². The molecule has 0 saturated heterocycles. The van der Waals surface area contributed by atoms with E-state index in [0.29, 0.717) is 6.54 Å². The molecule has 5 heteroatoms. The van der Waals surface area contributed by atoms with E-state index in [1.54, 1.807) is 11.3 Å². The molecule has 0 radical (unpaired) electrons. The zero-order valence-electron chi connectivity index (χ0n) is 12.6. The average molecular weight is 314 g/mol. The molecule has 0 saturated carbocycles. The van der Waals surface area contributed by atoms with Gasteiger partial charge in [-0.3, -0.25) is 9.59 Å². The molecule has 0 spiro atoms. The van der Waals surface area contributed by atoms with E-state index in [4.69, 9.17) is 0 Å². The Labute approximate surface area is 133 Å². The number of hydrogen-bond acceptors (Lipinski definition) is 3. The molecule has 1 aromatic heterocycles. The van der Waals surface area contributed by atoms with Crippen molar-refractivity contribution in [2.45, 2.75) is 20.4 Å². The first-order valence-corrected chi connectivity index (χ1v) is 7.79. The summed E-state index contributed by atoms with van der Waals surface area (Å²) in [5.74, 6) is -0.256. The number of carbonyl (C=O) groups is 2. The standard InChI is InChI=1S/C17H18N2O2S/c1-12-8-9-22-16(12)6-7-17(21)18-11-14-4-3-5-15(10-14)19-13(2)20/h3-10H,11H2,1-2H3,(H,18,21)(H,19,20)/b7-6-. The minimum absolute atomic E-state index is 0.115. The summed E-state index contributed by atoms with van der Waals surface area (Å²) in [6.07, 6.45) is 3.36. The second-order valence-electron chi connectivity index (χ2n) is 4.90. The highest BCUT2D eigenvalue weighted by Crippen LogP contribution is 2.16. The number of carbonyl (C=O) groups excluding carboxylic acids is 2. The van der Waals surface area contributed by atoms with Crippen molar-refractivity contribution < 1.29 is 9.59 Å². The second kappa shape index (κ2) is 7.56. The molecule has 2 N–H and O–H groups in total. The van der Waals surface area contributed by atoms with Crippen LogP contribution in [0, 0.1) is 6.92 Å². The molecule has 0 aliphatic carbocycles. The monoisotopic (exact) mass is 314 g/mol. The van der Waals surface area contributed by atoms with Crippen molar-refractivity contribution >= 4 is 34.9 Å². The molecule has 0 fully saturated rings. The van der Waals surface area contributed by atoms with E-state index in [-0.39, 0.29) is 11.8 Å². The fourth-order valence-corrected chi connectivity index (χ4v) is 2.74. The highest BCUT2D eigenvalue weighted by atomic mass is 32.1. The number of nitrogens with one attached hydrogen (secondary N) is 2. The molecule has 1 aromatic carbocycles. The van der Waals surface area contributed by atoms with Crippen LogP contribution in [0.25, 0.3) is 6.08 Å². The fourth-order valence-electron chi connectivity index (χ4n) is 1.92. The highest BCUT2D eigenvalue weighted by molar-refractivity contribution is 7.11. The molecule has 0 atom stereocenters. The van der Waals surface area contributed by atoms with Crippen molar-refractivity contribution in [3.63, 3.8) is 0 Å². The zero-order valence-corrected chi connectivity index (χ0v) is 13.4. The fraction of sp³-hybridized carbons (Fsp3) is 0.176. The van der Waals surface area contributed by atoms with E-state index in [2.05, 4.69) is 10.6 Å². The smallest absolute Gasteiger partial charge is 0.244 e. The Morgan fingerprint density at radius 1 is 1.27 bits per heavy atom. The van der Waals surface area contributed by atoms with Crippen molar-refractivity contribution in [3.05, 3.63) is 57.8 Å². The van der Waals surface area contributed by atoms with Crippen LogP contribution in [-0.2, 0) is 16.1 Å². The minimum atomic E-state index is -0.141. The van der Waals surface area contributed by atoms with Gasteiger partial charge in [-0.15, -0.1) is 11.3 Å². The van der Waals surface area contributed by atoms with Crippen LogP contribution in [0.2, 0.25) is 0 Å². The van der Waals surface area contributed by atoms with Gasteiger partial charge in [-0.05, 0) is 47.7 Å². The number of amides is 2. The molecule has 2 amide bonds. The Kier molecular flexibility index (Phi) is 5.49. The molecular formula is C17H18N2O2S. The van der Waals surface area contributed by atoms with Gasteiger partial charge in [-0.2, -0.15) is 0 Å². The lowest BCUT2D eigenvalue weighted by molar-refractivity contribution is -0.116. The number of anilines is 1. The van der Waals surface area contributed by atoms with Gasteiger partial charge in [0.05, 0.1) is 0 Å². The summed E-state index contributed by atoms with van der Waals surface area (Å²) in [6.45, 7) is 3.90. The van der Waals surface area contributed by atoms with Crippen LogP contribution in [0.1, 0.15) is 22.9 Å². The molecule has 2 rings (SSSR count). The summed E-state index contributed by atoms with van der Waals surface area (Å²) >= 11 is 1.61. The molecule has 0 aliphatic rings. The third-order valence-corrected chi connectivity index (χ3v) is 3.99. The molecule has 0 aliphatic heterocycles. The summed E-state index contributed by atoms with van der Waals surface area (Å²) < 4.78 is 0. The quantitative estimate of drug-likeness (QED) is 0.832. The van der Waals surface area contributed by atoms with Gasteiger partial charge >= 0.3 is 0 Å². The van der Waals surface area contributed by atoms with Crippen molar-refractivity contribution in [2.24, 2.45) is 0 Å². The number of thiophene rings is 1. The van der Waals surface area contributed by atoms with Crippen molar-refractivity contribution in [3.8, 4) is 0 Å². The van der Waals surface area contributed by atoms with Crippen LogP contribution in [0.4, 0.5) is 5.69 Å². The van der Waals surface area contributed by atoms with Gasteiger partial charge in [0.2, 0.25) is 11.8 Å². The number of benzene rings is 1. The minimum Gasteiger partial charge on any atom is -0.348 e. The molecule has 0 unspecified atom stereocenters. The first-order chi connectivity index (χ1) is 10.5. The van der Waals surface area contributed by atoms with Crippen LogP contribution < -0.4 is 10.6 Å². The van der Waals surface area contributed by atoms with E-state index in [1.807, 2.05) is 48.7 Å². The molecule has 1 heterocycles. The van der Waals surface area contributed by atoms with Gasteiger partial charge in [0, 0.05) is 30.1 Å². The lowest BCUT2D eigenvalue weighted by atomic mass is 10.2. The van der Waals surface area contributed by atoms with Gasteiger partial charge in [0.15, 0.2) is 0 Å². The van der Waals surface area contributed by atoms with E-state index in [1.165, 1.54) is 13.0 Å². The third-order valence-electron chi connectivity index (χ3n) is 3.00. The molecular weight excluding hydrogens is 296 g/mol. The van der Waals surface area contributed by atoms with Crippen LogP contribution in [0.15, 0.2) is 41.8 Å². The van der Waals surface area contributed by atoms with Crippen LogP contribution in [0.5, 0.6) is 0 Å². The summed E-state index contributed by atoms with van der Waals surface area (Å²) in [6, 6.07) is 9.42. The maximum Gasteiger partial charge on any atom is 0.244 e. The van der Waals surface area contributed by atoms with Gasteiger partial charge in [-0.25, -0.2) is 0 Å². The van der Waals surface area contributed by atoms with Crippen molar-refractivity contribution in [1.82, 2.24) is 5.32 Å². The number of rotatable bonds is 5. The highest BCUT2D eigenvalue weighted by Gasteiger charge is 2.01. The SMILES string of the molecule is CC(=O)Nc1cccc(CNC(=O)/C=C\c2sccc2C)c1. The summed E-state index contributed by atoms with van der Waals surface area (Å²) in [7, 11) is 0. The topological polar surface area (TPSA) is 58.2 Å². The summed E-state index contributed by atoms with van der Waals surface area (Å²) in [5.41, 5.74) is 2.82. The molecule has 0 bridgehead atoms. The van der Waals surface area contributed by atoms with Crippen LogP contribution in [0.3, 0.4) is 0 Å². The molecule has 2 aromatic rings. The predicted molar refractivity (Wildman–Crippen MR) is 90.7 cm³/mol. The Balaban J connectivity index is 1.90. The lowest BCUT2D eigenvalue weighted by Gasteiger charge is -2.06. The maximum atomic E-state index is 11.8. The number of hydrogen-bond donors (Lipinski definition) is 2. The first kappa shape index (κ1) is 16.0. The largest absolute Gasteiger partial charge is 0.348 e. The number of aryl methyl sites for hydroxylation is 1. The van der Waals surface area contributed by atoms with E-state index in [0.717, 1.165) is 21.7 Å². The third kappa shape index (κ3) is 4.86. The Morgan fingerprint density at radius 2 is 2.09 bits per heavy atom. The van der Waals surface area contributed by atoms with Gasteiger partial charge < -0.3 is 10.6 Å². The van der Waals surface area contributed by atoms with E-state index in [9.17, 15) is 9.59 Å².